The molecule has 1 N–H and O–H groups in total. The number of carbonyl (C=O) groups excluding carboxylic acids is 3. The van der Waals surface area contributed by atoms with Gasteiger partial charge in [0.15, 0.2) is 5.92 Å². The predicted octanol–water partition coefficient (Wildman–Crippen LogP) is 2.40. The van der Waals surface area contributed by atoms with Gasteiger partial charge >= 0.3 is 6.03 Å². The zero-order chi connectivity index (χ0) is 17.1. The largest absolute Gasteiger partial charge is 0.467 e. The van der Waals surface area contributed by atoms with Crippen LogP contribution in [-0.4, -0.2) is 24.1 Å². The lowest BCUT2D eigenvalue weighted by atomic mass is 10.1. The van der Waals surface area contributed by atoms with Crippen LogP contribution in [0, 0.1) is 5.92 Å². The molecule has 8 heteroatoms. The summed E-state index contributed by atoms with van der Waals surface area (Å²) in [5.41, 5.74) is 0.318. The number of hydrogen-bond donors (Lipinski definition) is 1. The van der Waals surface area contributed by atoms with E-state index in [0.29, 0.717) is 16.5 Å². The molecule has 2 heterocycles. The van der Waals surface area contributed by atoms with Crippen LogP contribution < -0.4 is 10.2 Å². The summed E-state index contributed by atoms with van der Waals surface area (Å²) in [5, 5.41) is 2.61. The molecule has 1 atom stereocenters. The summed E-state index contributed by atoms with van der Waals surface area (Å²) >= 11 is 5.80. The molecule has 4 amide bonds. The summed E-state index contributed by atoms with van der Waals surface area (Å²) in [6.45, 7) is 0.193. The zero-order valence-corrected chi connectivity index (χ0v) is 13.1. The number of halogens is 1. The van der Waals surface area contributed by atoms with Crippen molar-refractivity contribution < 1.29 is 18.8 Å². The molecule has 0 radical (unpaired) electrons. The number of benzene rings is 1. The highest BCUT2D eigenvalue weighted by Crippen LogP contribution is 2.22. The van der Waals surface area contributed by atoms with Crippen molar-refractivity contribution in [3.8, 4) is 0 Å². The van der Waals surface area contributed by atoms with E-state index < -0.39 is 23.8 Å². The molecule has 0 spiro atoms. The Balaban J connectivity index is 1.80. The maximum atomic E-state index is 12.5. The topological polar surface area (TPSA) is 92.0 Å². The molecule has 1 aliphatic heterocycles. The molecule has 3 rings (SSSR count). The maximum absolute atomic E-state index is 12.5. The fourth-order valence-corrected chi connectivity index (χ4v) is 2.33. The Bertz CT molecular complexity index is 799. The van der Waals surface area contributed by atoms with Gasteiger partial charge in [-0.2, -0.15) is 0 Å². The summed E-state index contributed by atoms with van der Waals surface area (Å²) in [6.07, 6.45) is 2.72. The third-order valence-electron chi connectivity index (χ3n) is 3.37. The van der Waals surface area contributed by atoms with E-state index in [1.54, 1.807) is 24.3 Å². The van der Waals surface area contributed by atoms with Crippen LogP contribution >= 0.6 is 11.6 Å². The minimum atomic E-state index is -1.19. The van der Waals surface area contributed by atoms with E-state index in [2.05, 4.69) is 10.3 Å². The average Bonchev–Trinajstić information content (AvgIpc) is 3.05. The molecule has 24 heavy (non-hydrogen) atoms. The van der Waals surface area contributed by atoms with Crippen molar-refractivity contribution >= 4 is 41.3 Å². The van der Waals surface area contributed by atoms with Gasteiger partial charge in [-0.05, 0) is 36.4 Å². The molecule has 122 valence electrons. The molecule has 0 unspecified atom stereocenters. The Morgan fingerprint density at radius 1 is 1.21 bits per heavy atom. The quantitative estimate of drug-likeness (QED) is 0.680. The number of nitrogens with one attached hydrogen (secondary N) is 1. The van der Waals surface area contributed by atoms with E-state index in [4.69, 9.17) is 16.0 Å². The van der Waals surface area contributed by atoms with E-state index in [-0.39, 0.29) is 6.54 Å². The number of urea groups is 1. The predicted molar refractivity (Wildman–Crippen MR) is 86.9 cm³/mol. The number of rotatable bonds is 4. The Hall–Kier alpha value is -2.93. The van der Waals surface area contributed by atoms with Gasteiger partial charge in [-0.1, -0.05) is 11.6 Å². The van der Waals surface area contributed by atoms with Gasteiger partial charge in [0.25, 0.3) is 5.91 Å². The van der Waals surface area contributed by atoms with Crippen LogP contribution in [0.2, 0.25) is 5.02 Å². The van der Waals surface area contributed by atoms with Gasteiger partial charge < -0.3 is 4.42 Å². The Morgan fingerprint density at radius 3 is 2.62 bits per heavy atom. The monoisotopic (exact) mass is 345 g/mol. The second-order valence-corrected chi connectivity index (χ2v) is 5.43. The van der Waals surface area contributed by atoms with Crippen molar-refractivity contribution in [2.75, 3.05) is 4.90 Å². The van der Waals surface area contributed by atoms with Crippen molar-refractivity contribution in [3.63, 3.8) is 0 Å². The number of amides is 4. The first-order valence-electron chi connectivity index (χ1n) is 7.03. The molecule has 1 fully saturated rings. The van der Waals surface area contributed by atoms with Gasteiger partial charge in [-0.25, -0.2) is 9.69 Å². The zero-order valence-electron chi connectivity index (χ0n) is 12.3. The summed E-state index contributed by atoms with van der Waals surface area (Å²) in [6, 6.07) is 8.78. The third kappa shape index (κ3) is 3.21. The van der Waals surface area contributed by atoms with Gasteiger partial charge in [-0.3, -0.25) is 19.9 Å². The second kappa shape index (κ2) is 6.67. The van der Waals surface area contributed by atoms with Crippen molar-refractivity contribution in [1.82, 2.24) is 5.32 Å². The summed E-state index contributed by atoms with van der Waals surface area (Å²) in [5.74, 6) is -1.97. The van der Waals surface area contributed by atoms with Crippen molar-refractivity contribution in [1.29, 1.82) is 0 Å². The van der Waals surface area contributed by atoms with Crippen LogP contribution in [0.15, 0.2) is 52.1 Å². The Labute approximate surface area is 141 Å². The first kappa shape index (κ1) is 15.9. The van der Waals surface area contributed by atoms with Crippen molar-refractivity contribution in [2.45, 2.75) is 6.54 Å². The van der Waals surface area contributed by atoms with Crippen molar-refractivity contribution in [2.24, 2.45) is 10.9 Å². The number of imide groups is 2. The SMILES string of the molecule is O=C1NC(=O)N(c2ccc(Cl)cc2)C(=O)[C@H]1C=NCc1ccco1. The highest BCUT2D eigenvalue weighted by atomic mass is 35.5. The minimum Gasteiger partial charge on any atom is -0.467 e. The first-order valence-corrected chi connectivity index (χ1v) is 7.41. The molecular formula is C16H12ClN3O4. The first-order chi connectivity index (χ1) is 11.6. The third-order valence-corrected chi connectivity index (χ3v) is 3.62. The van der Waals surface area contributed by atoms with Gasteiger partial charge in [0.2, 0.25) is 5.91 Å². The molecule has 1 saturated heterocycles. The second-order valence-electron chi connectivity index (χ2n) is 4.99. The molecular weight excluding hydrogens is 334 g/mol. The molecule has 0 bridgehead atoms. The van der Waals surface area contributed by atoms with Crippen molar-refractivity contribution in [3.05, 3.63) is 53.4 Å². The number of furan rings is 1. The molecule has 7 nitrogen and oxygen atoms in total. The lowest BCUT2D eigenvalue weighted by molar-refractivity contribution is -0.131. The molecule has 2 aromatic rings. The fourth-order valence-electron chi connectivity index (χ4n) is 2.21. The smallest absolute Gasteiger partial charge is 0.335 e. The number of carbonyl (C=O) groups is 3. The van der Waals surface area contributed by atoms with E-state index >= 15 is 0 Å². The number of aliphatic imine (C=N–C) groups is 1. The van der Waals surface area contributed by atoms with Gasteiger partial charge in [0, 0.05) is 11.2 Å². The van der Waals surface area contributed by atoms with Gasteiger partial charge in [-0.15, -0.1) is 0 Å². The van der Waals surface area contributed by atoms with Crippen LogP contribution in [-0.2, 0) is 16.1 Å². The lowest BCUT2D eigenvalue weighted by Crippen LogP contribution is -2.58. The Morgan fingerprint density at radius 2 is 1.96 bits per heavy atom. The molecule has 1 aromatic heterocycles. The normalized spacial score (nSPS) is 18.3. The van der Waals surface area contributed by atoms with Crippen LogP contribution in [0.4, 0.5) is 10.5 Å². The lowest BCUT2D eigenvalue weighted by Gasteiger charge is -2.28. The van der Waals surface area contributed by atoms with Gasteiger partial charge in [0.05, 0.1) is 18.5 Å². The molecule has 1 aliphatic rings. The highest BCUT2D eigenvalue weighted by molar-refractivity contribution is 6.33. The number of anilines is 1. The summed E-state index contributed by atoms with van der Waals surface area (Å²) < 4.78 is 5.12. The standard InChI is InChI=1S/C16H12ClN3O4/c17-10-3-5-11(6-4-10)20-15(22)13(14(21)19-16(20)23)9-18-8-12-2-1-7-24-12/h1-7,9,13H,8H2,(H,19,21,23)/t13-/m0/s1. The van der Waals surface area contributed by atoms with Crippen LogP contribution in [0.5, 0.6) is 0 Å². The average molecular weight is 346 g/mol. The molecule has 0 aliphatic carbocycles. The van der Waals surface area contributed by atoms with Crippen LogP contribution in [0.25, 0.3) is 0 Å². The minimum absolute atomic E-state index is 0.193. The summed E-state index contributed by atoms with van der Waals surface area (Å²) in [4.78, 5) is 41.4. The highest BCUT2D eigenvalue weighted by Gasteiger charge is 2.40. The number of barbiturate groups is 1. The maximum Gasteiger partial charge on any atom is 0.335 e. The van der Waals surface area contributed by atoms with E-state index in [1.807, 2.05) is 0 Å². The van der Waals surface area contributed by atoms with E-state index in [0.717, 1.165) is 4.90 Å². The summed E-state index contributed by atoms with van der Waals surface area (Å²) in [7, 11) is 0. The number of nitrogens with zero attached hydrogens (tertiary/aromatic N) is 2. The molecule has 0 saturated carbocycles. The molecule has 1 aromatic carbocycles. The van der Waals surface area contributed by atoms with Crippen LogP contribution in [0.1, 0.15) is 5.76 Å². The van der Waals surface area contributed by atoms with E-state index in [9.17, 15) is 14.4 Å². The number of hydrogen-bond acceptors (Lipinski definition) is 5. The Kier molecular flexibility index (Phi) is 4.43. The van der Waals surface area contributed by atoms with Gasteiger partial charge in [0.1, 0.15) is 5.76 Å². The fraction of sp³-hybridized carbons (Fsp3) is 0.125. The van der Waals surface area contributed by atoms with E-state index in [1.165, 1.54) is 24.6 Å². The van der Waals surface area contributed by atoms with Crippen LogP contribution in [0.3, 0.4) is 0 Å².